The summed E-state index contributed by atoms with van der Waals surface area (Å²) in [6, 6.07) is 2.75. The zero-order chi connectivity index (χ0) is 18.1. The first kappa shape index (κ1) is 18.2. The molecule has 25 heavy (non-hydrogen) atoms. The van der Waals surface area contributed by atoms with Crippen LogP contribution >= 0.6 is 11.6 Å². The number of nitrogens with zero attached hydrogens (tertiary/aromatic N) is 2. The number of carbonyl (C=O) groups is 1. The summed E-state index contributed by atoms with van der Waals surface area (Å²) in [6.45, 7) is 5.70. The number of amides is 1. The molecule has 3 rings (SSSR count). The van der Waals surface area contributed by atoms with Crippen LogP contribution in [0.5, 0.6) is 5.75 Å². The highest BCUT2D eigenvalue weighted by molar-refractivity contribution is 6.32. The lowest BCUT2D eigenvalue weighted by atomic mass is 9.92. The Hall–Kier alpha value is -1.59. The molecule has 0 radical (unpaired) electrons. The van der Waals surface area contributed by atoms with E-state index in [9.17, 15) is 9.18 Å². The third-order valence-electron chi connectivity index (χ3n) is 5.18. The third kappa shape index (κ3) is 3.04. The molecule has 2 aliphatic rings. The normalized spacial score (nSPS) is 20.5. The van der Waals surface area contributed by atoms with Gasteiger partial charge in [-0.15, -0.1) is 0 Å². The van der Waals surface area contributed by atoms with Crippen molar-refractivity contribution in [2.24, 2.45) is 0 Å². The maximum atomic E-state index is 14.7. The molecule has 6 heteroatoms. The molecule has 0 bridgehead atoms. The second kappa shape index (κ2) is 7.34. The van der Waals surface area contributed by atoms with E-state index in [-0.39, 0.29) is 22.8 Å². The lowest BCUT2D eigenvalue weighted by Gasteiger charge is -2.36. The van der Waals surface area contributed by atoms with Gasteiger partial charge in [-0.3, -0.25) is 14.6 Å². The smallest absolute Gasteiger partial charge is 0.255 e. The van der Waals surface area contributed by atoms with Crippen molar-refractivity contribution in [1.29, 1.82) is 0 Å². The van der Waals surface area contributed by atoms with Crippen molar-refractivity contribution in [2.75, 3.05) is 25.1 Å². The fourth-order valence-corrected chi connectivity index (χ4v) is 4.15. The number of anilines is 1. The summed E-state index contributed by atoms with van der Waals surface area (Å²) in [6.07, 6.45) is 3.53. The van der Waals surface area contributed by atoms with Gasteiger partial charge >= 0.3 is 0 Å². The summed E-state index contributed by atoms with van der Waals surface area (Å²) >= 11 is 6.03. The van der Waals surface area contributed by atoms with Crippen LogP contribution in [0.25, 0.3) is 0 Å². The van der Waals surface area contributed by atoms with E-state index in [1.165, 1.54) is 19.2 Å². The quantitative estimate of drug-likeness (QED) is 0.775. The van der Waals surface area contributed by atoms with E-state index in [2.05, 4.69) is 18.7 Å². The Morgan fingerprint density at radius 3 is 2.60 bits per heavy atom. The molecular formula is C19H24ClFN2O2. The number of hydrogen-bond acceptors (Lipinski definition) is 3. The molecule has 1 aliphatic carbocycles. The number of methoxy groups -OCH3 is 1. The van der Waals surface area contributed by atoms with Gasteiger partial charge in [0.2, 0.25) is 0 Å². The van der Waals surface area contributed by atoms with Crippen molar-refractivity contribution in [3.05, 3.63) is 34.1 Å². The lowest BCUT2D eigenvalue weighted by molar-refractivity contribution is -0.115. The van der Waals surface area contributed by atoms with Gasteiger partial charge in [-0.2, -0.15) is 0 Å². The zero-order valence-corrected chi connectivity index (χ0v) is 15.7. The van der Waals surface area contributed by atoms with Crippen molar-refractivity contribution in [2.45, 2.75) is 45.7 Å². The second-order valence-corrected chi connectivity index (χ2v) is 6.83. The van der Waals surface area contributed by atoms with E-state index in [0.29, 0.717) is 5.75 Å². The standard InChI is InChI=1S/C19H24ClFN2O2/c1-4-22(5-2)18-12-8-6-7-9-13(12)19(24)23(18)16-11-17(25-3)14(20)10-15(16)21/h10-11,18H,4-9H2,1-3H3. The molecule has 0 spiro atoms. The summed E-state index contributed by atoms with van der Waals surface area (Å²) in [5.74, 6) is -0.222. The number of carbonyl (C=O) groups excluding carboxylic acids is 1. The number of rotatable bonds is 5. The SMILES string of the molecule is CCN(CC)C1C2=C(CCCC2)C(=O)N1c1cc(OC)c(Cl)cc1F. The van der Waals surface area contributed by atoms with Gasteiger partial charge in [0.1, 0.15) is 17.7 Å². The number of hydrogen-bond donors (Lipinski definition) is 0. The van der Waals surface area contributed by atoms with Gasteiger partial charge < -0.3 is 4.74 Å². The number of likely N-dealkylation sites (N-methyl/N-ethyl adjacent to an activating group) is 1. The predicted molar refractivity (Wildman–Crippen MR) is 97.7 cm³/mol. The van der Waals surface area contributed by atoms with Gasteiger partial charge in [0.05, 0.1) is 17.8 Å². The first-order valence-electron chi connectivity index (χ1n) is 8.86. The molecule has 1 amide bonds. The monoisotopic (exact) mass is 366 g/mol. The van der Waals surface area contributed by atoms with Crippen molar-refractivity contribution >= 4 is 23.2 Å². The molecule has 136 valence electrons. The Morgan fingerprint density at radius 1 is 1.28 bits per heavy atom. The Bertz CT molecular complexity index is 716. The fourth-order valence-electron chi connectivity index (χ4n) is 3.92. The van der Waals surface area contributed by atoms with Gasteiger partial charge in [0.15, 0.2) is 0 Å². The molecule has 1 aromatic rings. The minimum Gasteiger partial charge on any atom is -0.495 e. The molecule has 0 saturated heterocycles. The molecule has 1 heterocycles. The summed E-state index contributed by atoms with van der Waals surface area (Å²) in [5, 5.41) is 0.201. The van der Waals surface area contributed by atoms with Crippen LogP contribution in [0.2, 0.25) is 5.02 Å². The highest BCUT2D eigenvalue weighted by atomic mass is 35.5. The molecule has 0 aromatic heterocycles. The van der Waals surface area contributed by atoms with E-state index >= 15 is 0 Å². The molecule has 0 N–H and O–H groups in total. The van der Waals surface area contributed by atoms with E-state index in [4.69, 9.17) is 16.3 Å². The number of ether oxygens (including phenoxy) is 1. The second-order valence-electron chi connectivity index (χ2n) is 6.42. The first-order valence-corrected chi connectivity index (χ1v) is 9.23. The third-order valence-corrected chi connectivity index (χ3v) is 5.48. The molecule has 1 atom stereocenters. The van der Waals surface area contributed by atoms with Crippen LogP contribution in [0.15, 0.2) is 23.3 Å². The first-order chi connectivity index (χ1) is 12.0. The maximum Gasteiger partial charge on any atom is 0.255 e. The molecule has 1 unspecified atom stereocenters. The van der Waals surface area contributed by atoms with Crippen LogP contribution < -0.4 is 9.64 Å². The lowest BCUT2D eigenvalue weighted by Crippen LogP contribution is -2.48. The number of halogens is 2. The van der Waals surface area contributed by atoms with Gasteiger partial charge in [-0.05, 0) is 50.4 Å². The average Bonchev–Trinajstić information content (AvgIpc) is 2.90. The minimum atomic E-state index is -0.504. The Labute approximate surface area is 153 Å². The van der Waals surface area contributed by atoms with Crippen LogP contribution in [0.4, 0.5) is 10.1 Å². The highest BCUT2D eigenvalue weighted by Crippen LogP contribution is 2.42. The van der Waals surface area contributed by atoms with Crippen LogP contribution in [-0.2, 0) is 4.79 Å². The highest BCUT2D eigenvalue weighted by Gasteiger charge is 2.43. The van der Waals surface area contributed by atoms with Gasteiger partial charge in [-0.25, -0.2) is 4.39 Å². The number of benzene rings is 1. The average molecular weight is 367 g/mol. The van der Waals surface area contributed by atoms with Crippen LogP contribution in [0, 0.1) is 5.82 Å². The minimum absolute atomic E-state index is 0.0881. The summed E-state index contributed by atoms with van der Waals surface area (Å²) in [4.78, 5) is 16.9. The van der Waals surface area contributed by atoms with E-state index in [1.54, 1.807) is 4.90 Å². The summed E-state index contributed by atoms with van der Waals surface area (Å²) in [7, 11) is 1.49. The molecule has 0 saturated carbocycles. The van der Waals surface area contributed by atoms with Gasteiger partial charge in [-0.1, -0.05) is 25.4 Å². The largest absolute Gasteiger partial charge is 0.495 e. The fraction of sp³-hybridized carbons (Fsp3) is 0.526. The summed E-state index contributed by atoms with van der Waals surface area (Å²) < 4.78 is 20.0. The van der Waals surface area contributed by atoms with Crippen LogP contribution in [0.3, 0.4) is 0 Å². The van der Waals surface area contributed by atoms with Crippen molar-refractivity contribution < 1.29 is 13.9 Å². The molecular weight excluding hydrogens is 343 g/mol. The Kier molecular flexibility index (Phi) is 5.35. The van der Waals surface area contributed by atoms with Crippen molar-refractivity contribution in [3.63, 3.8) is 0 Å². The van der Waals surface area contributed by atoms with E-state index in [1.807, 2.05) is 0 Å². The Morgan fingerprint density at radius 2 is 1.96 bits per heavy atom. The molecule has 1 aromatic carbocycles. The van der Waals surface area contributed by atoms with Crippen molar-refractivity contribution in [1.82, 2.24) is 4.90 Å². The van der Waals surface area contributed by atoms with Gasteiger partial charge in [0, 0.05) is 11.6 Å². The van der Waals surface area contributed by atoms with Crippen LogP contribution in [-0.4, -0.2) is 37.2 Å². The van der Waals surface area contributed by atoms with Crippen molar-refractivity contribution in [3.8, 4) is 5.75 Å². The predicted octanol–water partition coefficient (Wildman–Crippen LogP) is 4.37. The summed E-state index contributed by atoms with van der Waals surface area (Å²) in [5.41, 5.74) is 2.24. The maximum absolute atomic E-state index is 14.7. The van der Waals surface area contributed by atoms with Crippen LogP contribution in [0.1, 0.15) is 39.5 Å². The Balaban J connectivity index is 2.12. The van der Waals surface area contributed by atoms with E-state index in [0.717, 1.165) is 49.9 Å². The zero-order valence-electron chi connectivity index (χ0n) is 14.9. The molecule has 0 fully saturated rings. The molecule has 1 aliphatic heterocycles. The molecule has 4 nitrogen and oxygen atoms in total. The topological polar surface area (TPSA) is 32.8 Å². The van der Waals surface area contributed by atoms with Gasteiger partial charge in [0.25, 0.3) is 5.91 Å². The van der Waals surface area contributed by atoms with E-state index < -0.39 is 5.82 Å².